The Labute approximate surface area is 130 Å². The fourth-order valence-corrected chi connectivity index (χ4v) is 1.97. The van der Waals surface area contributed by atoms with Crippen LogP contribution in [0.1, 0.15) is 25.5 Å². The first-order valence-electron chi connectivity index (χ1n) is 6.87. The lowest BCUT2D eigenvalue weighted by Crippen LogP contribution is -2.10. The molecular formula is C17H19ClO3. The number of ether oxygens (including phenoxy) is 2. The van der Waals surface area contributed by atoms with Gasteiger partial charge in [-0.25, -0.2) is 0 Å². The van der Waals surface area contributed by atoms with Crippen molar-refractivity contribution in [2.24, 2.45) is 0 Å². The van der Waals surface area contributed by atoms with Gasteiger partial charge in [-0.05, 0) is 55.8 Å². The van der Waals surface area contributed by atoms with Crippen LogP contribution in [0.15, 0.2) is 48.5 Å². The molecule has 0 amide bonds. The van der Waals surface area contributed by atoms with Crippen LogP contribution in [0, 0.1) is 0 Å². The highest BCUT2D eigenvalue weighted by Crippen LogP contribution is 2.21. The lowest BCUT2D eigenvalue weighted by molar-refractivity contribution is 0.108. The molecule has 3 nitrogen and oxygen atoms in total. The summed E-state index contributed by atoms with van der Waals surface area (Å²) in [6, 6.07) is 14.4. The van der Waals surface area contributed by atoms with Crippen LogP contribution < -0.4 is 9.47 Å². The molecule has 0 aliphatic carbocycles. The van der Waals surface area contributed by atoms with Crippen LogP contribution >= 0.6 is 11.6 Å². The minimum absolute atomic E-state index is 0.133. The Morgan fingerprint density at radius 2 is 1.52 bits per heavy atom. The summed E-state index contributed by atoms with van der Waals surface area (Å²) in [6.07, 6.45) is -0.553. The summed E-state index contributed by atoms with van der Waals surface area (Å²) >= 11 is 5.80. The summed E-state index contributed by atoms with van der Waals surface area (Å²) < 4.78 is 11.1. The number of hydrogen-bond donors (Lipinski definition) is 1. The molecule has 112 valence electrons. The number of aliphatic hydroxyl groups is 1. The molecule has 0 aliphatic rings. The van der Waals surface area contributed by atoms with Gasteiger partial charge in [0.2, 0.25) is 0 Å². The van der Waals surface area contributed by atoms with Gasteiger partial charge in [-0.1, -0.05) is 23.7 Å². The van der Waals surface area contributed by atoms with E-state index in [-0.39, 0.29) is 12.7 Å². The predicted molar refractivity (Wildman–Crippen MR) is 84.1 cm³/mol. The highest BCUT2D eigenvalue weighted by molar-refractivity contribution is 6.30. The smallest absolute Gasteiger partial charge is 0.119 e. The summed E-state index contributed by atoms with van der Waals surface area (Å²) in [5.41, 5.74) is 0.792. The van der Waals surface area contributed by atoms with E-state index in [1.54, 1.807) is 24.3 Å². The van der Waals surface area contributed by atoms with Crippen LogP contribution in [0.2, 0.25) is 5.02 Å². The standard InChI is InChI=1S/C17H19ClO3/c1-12(2)21-16-7-3-13(4-8-16)17(19)11-20-15-9-5-14(18)6-10-15/h3-10,12,17,19H,11H2,1-2H3. The summed E-state index contributed by atoms with van der Waals surface area (Å²) in [6.45, 7) is 4.14. The molecule has 4 heteroatoms. The molecule has 0 fully saturated rings. The number of benzene rings is 2. The van der Waals surface area contributed by atoms with E-state index in [0.717, 1.165) is 11.3 Å². The molecule has 0 saturated carbocycles. The van der Waals surface area contributed by atoms with Crippen molar-refractivity contribution in [3.63, 3.8) is 0 Å². The third kappa shape index (κ3) is 4.96. The molecule has 2 aromatic rings. The SMILES string of the molecule is CC(C)Oc1ccc(C(O)COc2ccc(Cl)cc2)cc1. The molecule has 2 rings (SSSR count). The lowest BCUT2D eigenvalue weighted by Gasteiger charge is -2.14. The molecule has 0 heterocycles. The number of aliphatic hydroxyl groups excluding tert-OH is 1. The zero-order valence-electron chi connectivity index (χ0n) is 12.1. The molecule has 0 aromatic heterocycles. The zero-order chi connectivity index (χ0) is 15.2. The third-order valence-electron chi connectivity index (χ3n) is 2.86. The topological polar surface area (TPSA) is 38.7 Å². The van der Waals surface area contributed by atoms with E-state index in [1.165, 1.54) is 0 Å². The van der Waals surface area contributed by atoms with Gasteiger partial charge in [0.05, 0.1) is 6.10 Å². The van der Waals surface area contributed by atoms with Crippen LogP contribution in [0.25, 0.3) is 0 Å². The Kier molecular flexibility index (Phi) is 5.48. The van der Waals surface area contributed by atoms with E-state index >= 15 is 0 Å². The van der Waals surface area contributed by atoms with E-state index in [4.69, 9.17) is 21.1 Å². The molecule has 2 aromatic carbocycles. The Hall–Kier alpha value is -1.71. The van der Waals surface area contributed by atoms with Crippen molar-refractivity contribution in [1.82, 2.24) is 0 Å². The number of halogens is 1. The molecule has 1 atom stereocenters. The van der Waals surface area contributed by atoms with Crippen LogP contribution in [-0.2, 0) is 0 Å². The average molecular weight is 307 g/mol. The molecule has 1 unspecified atom stereocenters. The molecule has 0 radical (unpaired) electrons. The minimum atomic E-state index is -0.686. The highest BCUT2D eigenvalue weighted by atomic mass is 35.5. The maximum Gasteiger partial charge on any atom is 0.119 e. The summed E-state index contributed by atoms with van der Waals surface area (Å²) in [4.78, 5) is 0. The van der Waals surface area contributed by atoms with E-state index in [9.17, 15) is 5.11 Å². The van der Waals surface area contributed by atoms with Gasteiger partial charge in [-0.15, -0.1) is 0 Å². The molecule has 0 aliphatic heterocycles. The summed E-state index contributed by atoms with van der Waals surface area (Å²) in [5, 5.41) is 10.8. The van der Waals surface area contributed by atoms with Gasteiger partial charge in [-0.2, -0.15) is 0 Å². The van der Waals surface area contributed by atoms with Crippen LogP contribution in [0.5, 0.6) is 11.5 Å². The molecule has 0 spiro atoms. The normalized spacial score (nSPS) is 12.2. The quantitative estimate of drug-likeness (QED) is 0.867. The van der Waals surface area contributed by atoms with Crippen molar-refractivity contribution >= 4 is 11.6 Å². The zero-order valence-corrected chi connectivity index (χ0v) is 12.9. The van der Waals surface area contributed by atoms with E-state index in [0.29, 0.717) is 10.8 Å². The highest BCUT2D eigenvalue weighted by Gasteiger charge is 2.09. The van der Waals surface area contributed by atoms with Gasteiger partial charge in [0.15, 0.2) is 0 Å². The Morgan fingerprint density at radius 3 is 2.10 bits per heavy atom. The fraction of sp³-hybridized carbons (Fsp3) is 0.294. The number of rotatable bonds is 6. The first kappa shape index (κ1) is 15.7. The van der Waals surface area contributed by atoms with Gasteiger partial charge >= 0.3 is 0 Å². The minimum Gasteiger partial charge on any atom is -0.491 e. The first-order valence-corrected chi connectivity index (χ1v) is 7.25. The van der Waals surface area contributed by atoms with Crippen molar-refractivity contribution in [2.45, 2.75) is 26.1 Å². The Morgan fingerprint density at radius 1 is 0.952 bits per heavy atom. The van der Waals surface area contributed by atoms with Crippen LogP contribution in [0.3, 0.4) is 0 Å². The molecular weight excluding hydrogens is 288 g/mol. The van der Waals surface area contributed by atoms with E-state index in [2.05, 4.69) is 0 Å². The molecule has 1 N–H and O–H groups in total. The van der Waals surface area contributed by atoms with Crippen molar-refractivity contribution in [1.29, 1.82) is 0 Å². The lowest BCUT2D eigenvalue weighted by atomic mass is 10.1. The maximum atomic E-state index is 10.1. The second-order valence-electron chi connectivity index (χ2n) is 5.02. The third-order valence-corrected chi connectivity index (χ3v) is 3.11. The fourth-order valence-electron chi connectivity index (χ4n) is 1.84. The van der Waals surface area contributed by atoms with Gasteiger partial charge in [0, 0.05) is 5.02 Å². The first-order chi connectivity index (χ1) is 10.0. The number of hydrogen-bond acceptors (Lipinski definition) is 3. The van der Waals surface area contributed by atoms with Crippen molar-refractivity contribution < 1.29 is 14.6 Å². The van der Waals surface area contributed by atoms with E-state index in [1.807, 2.05) is 38.1 Å². The van der Waals surface area contributed by atoms with Crippen LogP contribution in [0.4, 0.5) is 0 Å². The average Bonchev–Trinajstić information content (AvgIpc) is 2.46. The monoisotopic (exact) mass is 306 g/mol. The second-order valence-corrected chi connectivity index (χ2v) is 5.45. The van der Waals surface area contributed by atoms with E-state index < -0.39 is 6.10 Å². The van der Waals surface area contributed by atoms with Gasteiger partial charge in [0.25, 0.3) is 0 Å². The Balaban J connectivity index is 1.90. The molecule has 0 saturated heterocycles. The van der Waals surface area contributed by atoms with Gasteiger partial charge in [-0.3, -0.25) is 0 Å². The summed E-state index contributed by atoms with van der Waals surface area (Å²) in [7, 11) is 0. The molecule has 21 heavy (non-hydrogen) atoms. The van der Waals surface area contributed by atoms with Crippen LogP contribution in [-0.4, -0.2) is 17.8 Å². The Bertz CT molecular complexity index is 549. The van der Waals surface area contributed by atoms with Crippen molar-refractivity contribution in [2.75, 3.05) is 6.61 Å². The largest absolute Gasteiger partial charge is 0.491 e. The van der Waals surface area contributed by atoms with Gasteiger partial charge < -0.3 is 14.6 Å². The predicted octanol–water partition coefficient (Wildman–Crippen LogP) is 4.24. The van der Waals surface area contributed by atoms with Crippen molar-refractivity contribution in [3.8, 4) is 11.5 Å². The second kappa shape index (κ2) is 7.34. The van der Waals surface area contributed by atoms with Crippen molar-refractivity contribution in [3.05, 3.63) is 59.1 Å². The molecule has 0 bridgehead atoms. The maximum absolute atomic E-state index is 10.1. The summed E-state index contributed by atoms with van der Waals surface area (Å²) in [5.74, 6) is 1.47. The van der Waals surface area contributed by atoms with Gasteiger partial charge in [0.1, 0.15) is 24.2 Å².